The lowest BCUT2D eigenvalue weighted by Crippen LogP contribution is -3.12. The maximum atomic E-state index is 12.7. The molecule has 2 aromatic heterocycles. The standard InChI is InChI=1S/C24H28N6O4/c1-27-9-11-29(12-10-27)23-25-21-20(22(32)26-24(33)28(21)2)30(23)14-18(31)15-34-19-8-7-16-5-3-4-6-17(16)13-19/h3-8,13,18,31H,9-12,14-15H2,1-2H3,(H,26,32,33)/p+1/t18-/m0/s1. The van der Waals surface area contributed by atoms with E-state index in [0.717, 1.165) is 37.0 Å². The van der Waals surface area contributed by atoms with Crippen molar-refractivity contribution in [3.05, 3.63) is 63.3 Å². The fraction of sp³-hybridized carbons (Fsp3) is 0.375. The van der Waals surface area contributed by atoms with Gasteiger partial charge in [-0.15, -0.1) is 0 Å². The van der Waals surface area contributed by atoms with Gasteiger partial charge in [0.1, 0.15) is 18.5 Å². The third-order valence-corrected chi connectivity index (χ3v) is 6.44. The molecule has 3 heterocycles. The molecule has 2 aromatic carbocycles. The lowest BCUT2D eigenvalue weighted by atomic mass is 10.1. The number of benzene rings is 2. The minimum absolute atomic E-state index is 0.0496. The molecule has 0 unspecified atom stereocenters. The topological polar surface area (TPSA) is 110 Å². The van der Waals surface area contributed by atoms with Crippen LogP contribution in [0.1, 0.15) is 0 Å². The van der Waals surface area contributed by atoms with Crippen LogP contribution in [-0.2, 0) is 13.6 Å². The van der Waals surface area contributed by atoms with Crippen molar-refractivity contribution in [1.29, 1.82) is 0 Å². The molecule has 1 aliphatic rings. The Labute approximate surface area is 195 Å². The Morgan fingerprint density at radius 1 is 1.15 bits per heavy atom. The maximum Gasteiger partial charge on any atom is 0.329 e. The Bertz CT molecular complexity index is 1450. The first kappa shape index (κ1) is 22.2. The van der Waals surface area contributed by atoms with E-state index in [0.29, 0.717) is 17.3 Å². The molecular formula is C24H29N6O4+. The van der Waals surface area contributed by atoms with Crippen LogP contribution in [0.25, 0.3) is 21.9 Å². The third kappa shape index (κ3) is 4.17. The predicted molar refractivity (Wildman–Crippen MR) is 130 cm³/mol. The number of hydrogen-bond donors (Lipinski definition) is 3. The molecule has 0 amide bonds. The molecule has 1 fully saturated rings. The molecule has 10 heteroatoms. The molecule has 1 saturated heterocycles. The van der Waals surface area contributed by atoms with Gasteiger partial charge in [-0.25, -0.2) is 4.79 Å². The monoisotopic (exact) mass is 465 g/mol. The Morgan fingerprint density at radius 3 is 2.65 bits per heavy atom. The summed E-state index contributed by atoms with van der Waals surface area (Å²) >= 11 is 0. The number of H-pyrrole nitrogens is 1. The van der Waals surface area contributed by atoms with Crippen LogP contribution in [0.3, 0.4) is 0 Å². The number of hydrogen-bond acceptors (Lipinski definition) is 6. The number of aromatic nitrogens is 4. The number of nitrogens with one attached hydrogen (secondary N) is 2. The summed E-state index contributed by atoms with van der Waals surface area (Å²) in [4.78, 5) is 35.4. The second kappa shape index (κ2) is 8.96. The van der Waals surface area contributed by atoms with Crippen molar-refractivity contribution in [1.82, 2.24) is 19.1 Å². The highest BCUT2D eigenvalue weighted by atomic mass is 16.5. The van der Waals surface area contributed by atoms with Crippen LogP contribution in [0.5, 0.6) is 5.75 Å². The van der Waals surface area contributed by atoms with Crippen LogP contribution in [0.4, 0.5) is 5.95 Å². The van der Waals surface area contributed by atoms with Gasteiger partial charge in [0.05, 0.1) is 39.8 Å². The van der Waals surface area contributed by atoms with Crippen molar-refractivity contribution in [3.63, 3.8) is 0 Å². The van der Waals surface area contributed by atoms with E-state index in [-0.39, 0.29) is 18.7 Å². The summed E-state index contributed by atoms with van der Waals surface area (Å²) in [6, 6.07) is 13.8. The highest BCUT2D eigenvalue weighted by Crippen LogP contribution is 2.22. The number of rotatable bonds is 6. The zero-order chi connectivity index (χ0) is 23.8. The summed E-state index contributed by atoms with van der Waals surface area (Å²) in [6.07, 6.45) is -0.891. The van der Waals surface area contributed by atoms with Crippen LogP contribution in [0.2, 0.25) is 0 Å². The van der Waals surface area contributed by atoms with Crippen molar-refractivity contribution in [3.8, 4) is 5.75 Å². The Balaban J connectivity index is 1.43. The van der Waals surface area contributed by atoms with Gasteiger partial charge < -0.3 is 24.2 Å². The molecule has 4 aromatic rings. The number of likely N-dealkylation sites (N-methyl/N-ethyl adjacent to an activating group) is 1. The Morgan fingerprint density at radius 2 is 1.88 bits per heavy atom. The number of aromatic amines is 1. The van der Waals surface area contributed by atoms with E-state index in [1.165, 1.54) is 9.47 Å². The lowest BCUT2D eigenvalue weighted by molar-refractivity contribution is -0.880. The van der Waals surface area contributed by atoms with Crippen LogP contribution < -0.4 is 25.8 Å². The zero-order valence-electron chi connectivity index (χ0n) is 19.3. The van der Waals surface area contributed by atoms with Gasteiger partial charge in [0.15, 0.2) is 11.2 Å². The Hall–Kier alpha value is -3.63. The number of quaternary nitrogens is 1. The molecule has 3 N–H and O–H groups in total. The number of aliphatic hydroxyl groups is 1. The van der Waals surface area contributed by atoms with Gasteiger partial charge in [0, 0.05) is 7.05 Å². The fourth-order valence-corrected chi connectivity index (χ4v) is 4.44. The Kier molecular flexibility index (Phi) is 5.84. The smallest absolute Gasteiger partial charge is 0.329 e. The normalized spacial score (nSPS) is 15.8. The van der Waals surface area contributed by atoms with Gasteiger partial charge in [0.25, 0.3) is 5.56 Å². The molecule has 1 aliphatic heterocycles. The first-order valence-electron chi connectivity index (χ1n) is 11.5. The van der Waals surface area contributed by atoms with E-state index in [9.17, 15) is 14.7 Å². The van der Waals surface area contributed by atoms with Gasteiger partial charge in [-0.1, -0.05) is 30.3 Å². The number of fused-ring (bicyclic) bond motifs is 2. The first-order valence-corrected chi connectivity index (χ1v) is 11.5. The number of ether oxygens (including phenoxy) is 1. The number of nitrogens with zero attached hydrogens (tertiary/aromatic N) is 4. The number of piperazine rings is 1. The van der Waals surface area contributed by atoms with Gasteiger partial charge in [-0.2, -0.15) is 4.98 Å². The third-order valence-electron chi connectivity index (χ3n) is 6.44. The van der Waals surface area contributed by atoms with Crippen molar-refractivity contribution in [2.24, 2.45) is 7.05 Å². The lowest BCUT2D eigenvalue weighted by Gasteiger charge is -2.31. The summed E-state index contributed by atoms with van der Waals surface area (Å²) in [6.45, 7) is 3.57. The number of aliphatic hydroxyl groups excluding tert-OH is 1. The van der Waals surface area contributed by atoms with Gasteiger partial charge in [0.2, 0.25) is 5.95 Å². The van der Waals surface area contributed by atoms with Crippen LogP contribution in [0.15, 0.2) is 52.1 Å². The molecule has 10 nitrogen and oxygen atoms in total. The van der Waals surface area contributed by atoms with E-state index < -0.39 is 17.4 Å². The molecule has 5 rings (SSSR count). The van der Waals surface area contributed by atoms with Crippen LogP contribution >= 0.6 is 0 Å². The van der Waals surface area contributed by atoms with Gasteiger partial charge in [-0.05, 0) is 22.9 Å². The van der Waals surface area contributed by atoms with E-state index in [1.807, 2.05) is 42.5 Å². The van der Waals surface area contributed by atoms with Crippen molar-refractivity contribution >= 4 is 27.9 Å². The maximum absolute atomic E-state index is 12.7. The van der Waals surface area contributed by atoms with E-state index >= 15 is 0 Å². The molecule has 0 bridgehead atoms. The predicted octanol–water partition coefficient (Wildman–Crippen LogP) is -0.649. The molecule has 1 atom stereocenters. The molecule has 178 valence electrons. The average molecular weight is 466 g/mol. The van der Waals surface area contributed by atoms with Crippen LogP contribution in [-0.4, -0.2) is 70.1 Å². The highest BCUT2D eigenvalue weighted by molar-refractivity contribution is 5.83. The molecule has 0 aliphatic carbocycles. The zero-order valence-corrected chi connectivity index (χ0v) is 19.3. The van der Waals surface area contributed by atoms with Crippen molar-refractivity contribution in [2.45, 2.75) is 12.6 Å². The minimum Gasteiger partial charge on any atom is -0.491 e. The molecule has 0 radical (unpaired) electrons. The summed E-state index contributed by atoms with van der Waals surface area (Å²) in [5.41, 5.74) is -0.457. The first-order chi connectivity index (χ1) is 16.4. The molecular weight excluding hydrogens is 436 g/mol. The second-order valence-electron chi connectivity index (χ2n) is 8.93. The fourth-order valence-electron chi connectivity index (χ4n) is 4.44. The highest BCUT2D eigenvalue weighted by Gasteiger charge is 2.26. The summed E-state index contributed by atoms with van der Waals surface area (Å²) in [5, 5.41) is 13.0. The number of anilines is 1. The quantitative estimate of drug-likeness (QED) is 0.349. The van der Waals surface area contributed by atoms with Gasteiger partial charge in [-0.3, -0.25) is 14.3 Å². The molecule has 0 spiro atoms. The van der Waals surface area contributed by atoms with Crippen molar-refractivity contribution < 1.29 is 14.7 Å². The SMILES string of the molecule is Cn1c(=O)[nH]c(=O)c2c1nc(N1CC[NH+](C)CC1)n2C[C@H](O)COc1ccc2ccccc2c1. The summed E-state index contributed by atoms with van der Waals surface area (Å²) in [5.74, 6) is 1.25. The van der Waals surface area contributed by atoms with Crippen LogP contribution in [0, 0.1) is 0 Å². The molecule has 0 saturated carbocycles. The number of aryl methyl sites for hydroxylation is 1. The van der Waals surface area contributed by atoms with Gasteiger partial charge >= 0.3 is 5.69 Å². The largest absolute Gasteiger partial charge is 0.491 e. The van der Waals surface area contributed by atoms with E-state index in [4.69, 9.17) is 4.74 Å². The summed E-state index contributed by atoms with van der Waals surface area (Å²) < 4.78 is 8.91. The average Bonchev–Trinajstić information content (AvgIpc) is 3.21. The molecule has 34 heavy (non-hydrogen) atoms. The number of imidazole rings is 1. The summed E-state index contributed by atoms with van der Waals surface area (Å²) in [7, 11) is 3.72. The van der Waals surface area contributed by atoms with E-state index in [1.54, 1.807) is 11.6 Å². The van der Waals surface area contributed by atoms with E-state index in [2.05, 4.69) is 21.9 Å². The van der Waals surface area contributed by atoms with Crippen molar-refractivity contribution in [2.75, 3.05) is 44.7 Å². The second-order valence-corrected chi connectivity index (χ2v) is 8.93. The minimum atomic E-state index is -0.891.